The van der Waals surface area contributed by atoms with Crippen LogP contribution in [0.5, 0.6) is 0 Å². The Morgan fingerprint density at radius 3 is 2.92 bits per heavy atom. The second-order valence-electron chi connectivity index (χ2n) is 3.00. The highest BCUT2D eigenvalue weighted by molar-refractivity contribution is 5.74. The SMILES string of the molecule is CC1=C2C=CC=CC1C=CC=N2. The molecular formula is C11H11N. The zero-order valence-electron chi connectivity index (χ0n) is 7.07. The Bertz CT molecular complexity index is 301. The summed E-state index contributed by atoms with van der Waals surface area (Å²) < 4.78 is 0. The summed E-state index contributed by atoms with van der Waals surface area (Å²) >= 11 is 0. The van der Waals surface area contributed by atoms with Crippen molar-refractivity contribution in [1.29, 1.82) is 0 Å². The van der Waals surface area contributed by atoms with Crippen molar-refractivity contribution in [3.8, 4) is 0 Å². The summed E-state index contributed by atoms with van der Waals surface area (Å²) in [5.74, 6) is 0.428. The van der Waals surface area contributed by atoms with E-state index < -0.39 is 0 Å². The van der Waals surface area contributed by atoms with Crippen molar-refractivity contribution in [2.24, 2.45) is 10.9 Å². The predicted octanol–water partition coefficient (Wildman–Crippen LogP) is 2.64. The van der Waals surface area contributed by atoms with Crippen LogP contribution in [0, 0.1) is 5.92 Å². The molecule has 2 rings (SSSR count). The molecule has 1 unspecified atom stereocenters. The van der Waals surface area contributed by atoms with E-state index in [1.165, 1.54) is 5.57 Å². The van der Waals surface area contributed by atoms with Crippen molar-refractivity contribution >= 4 is 6.21 Å². The molecule has 0 saturated carbocycles. The summed E-state index contributed by atoms with van der Waals surface area (Å²) in [4.78, 5) is 4.33. The van der Waals surface area contributed by atoms with Crippen LogP contribution in [0.25, 0.3) is 0 Å². The van der Waals surface area contributed by atoms with E-state index in [-0.39, 0.29) is 0 Å². The molecule has 2 aliphatic rings. The summed E-state index contributed by atoms with van der Waals surface area (Å²) in [5, 5.41) is 0. The summed E-state index contributed by atoms with van der Waals surface area (Å²) in [6.45, 7) is 2.13. The maximum absolute atomic E-state index is 4.33. The van der Waals surface area contributed by atoms with Gasteiger partial charge in [0.2, 0.25) is 0 Å². The normalized spacial score (nSPS) is 25.9. The second kappa shape index (κ2) is 2.94. The van der Waals surface area contributed by atoms with E-state index in [0.717, 1.165) is 5.70 Å². The van der Waals surface area contributed by atoms with Crippen LogP contribution in [0.15, 0.2) is 52.7 Å². The number of allylic oxidation sites excluding steroid dienone is 7. The molecule has 0 radical (unpaired) electrons. The van der Waals surface area contributed by atoms with Gasteiger partial charge in [-0.15, -0.1) is 0 Å². The first-order valence-corrected chi connectivity index (χ1v) is 4.14. The minimum atomic E-state index is 0.428. The molecular weight excluding hydrogens is 146 g/mol. The molecule has 60 valence electrons. The molecule has 0 saturated heterocycles. The van der Waals surface area contributed by atoms with Crippen molar-refractivity contribution in [3.05, 3.63) is 47.7 Å². The van der Waals surface area contributed by atoms with E-state index in [1.807, 2.05) is 18.4 Å². The number of hydrogen-bond acceptors (Lipinski definition) is 1. The van der Waals surface area contributed by atoms with Crippen LogP contribution >= 0.6 is 0 Å². The molecule has 2 bridgehead atoms. The molecule has 0 aromatic heterocycles. The molecule has 1 nitrogen and oxygen atoms in total. The first-order valence-electron chi connectivity index (χ1n) is 4.14. The fourth-order valence-electron chi connectivity index (χ4n) is 1.42. The second-order valence-corrected chi connectivity index (χ2v) is 3.00. The van der Waals surface area contributed by atoms with E-state index in [1.54, 1.807) is 0 Å². The zero-order chi connectivity index (χ0) is 8.39. The Labute approximate surface area is 72.5 Å². The van der Waals surface area contributed by atoms with Crippen LogP contribution in [0.2, 0.25) is 0 Å². The van der Waals surface area contributed by atoms with E-state index >= 15 is 0 Å². The standard InChI is InChI=1S/C11H11N/c1-9-10-5-2-3-7-11(9)12-8-4-6-10/h2-8,10H,1H3. The largest absolute Gasteiger partial charge is 0.257 e. The monoisotopic (exact) mass is 157 g/mol. The van der Waals surface area contributed by atoms with Gasteiger partial charge in [-0.3, -0.25) is 4.99 Å². The number of fused-ring (bicyclic) bond motifs is 1. The van der Waals surface area contributed by atoms with Gasteiger partial charge in [-0.05, 0) is 24.6 Å². The molecule has 0 aromatic carbocycles. The molecule has 1 heteroatoms. The lowest BCUT2D eigenvalue weighted by molar-refractivity contribution is 0.954. The number of aliphatic imine (C=N–C) groups is 1. The van der Waals surface area contributed by atoms with Gasteiger partial charge in [0.15, 0.2) is 0 Å². The zero-order valence-corrected chi connectivity index (χ0v) is 7.07. The fourth-order valence-corrected chi connectivity index (χ4v) is 1.42. The average molecular weight is 157 g/mol. The third-order valence-electron chi connectivity index (χ3n) is 2.21. The quantitative estimate of drug-likeness (QED) is 0.512. The Morgan fingerprint density at radius 1 is 1.17 bits per heavy atom. The molecule has 12 heavy (non-hydrogen) atoms. The summed E-state index contributed by atoms with van der Waals surface area (Å²) in [6.07, 6.45) is 14.4. The van der Waals surface area contributed by atoms with Crippen LogP contribution in [-0.2, 0) is 0 Å². The average Bonchev–Trinajstić information content (AvgIpc) is 2.37. The molecule has 0 spiro atoms. The van der Waals surface area contributed by atoms with Crippen molar-refractivity contribution in [3.63, 3.8) is 0 Å². The topological polar surface area (TPSA) is 12.4 Å². The van der Waals surface area contributed by atoms with Gasteiger partial charge in [-0.2, -0.15) is 0 Å². The van der Waals surface area contributed by atoms with E-state index in [9.17, 15) is 0 Å². The Kier molecular flexibility index (Phi) is 1.78. The molecule has 1 aliphatic heterocycles. The van der Waals surface area contributed by atoms with Gasteiger partial charge in [0.05, 0.1) is 5.70 Å². The predicted molar refractivity (Wildman–Crippen MR) is 52.1 cm³/mol. The number of hydrogen-bond donors (Lipinski definition) is 0. The molecule has 0 aromatic rings. The smallest absolute Gasteiger partial charge is 0.0627 e. The fraction of sp³-hybridized carbons (Fsp3) is 0.182. The van der Waals surface area contributed by atoms with Crippen molar-refractivity contribution in [2.45, 2.75) is 6.92 Å². The Hall–Kier alpha value is -1.37. The van der Waals surface area contributed by atoms with E-state index in [2.05, 4.69) is 36.2 Å². The Balaban J connectivity index is 2.52. The van der Waals surface area contributed by atoms with Crippen molar-refractivity contribution < 1.29 is 0 Å². The van der Waals surface area contributed by atoms with Crippen LogP contribution in [0.1, 0.15) is 6.92 Å². The van der Waals surface area contributed by atoms with Gasteiger partial charge in [-0.25, -0.2) is 0 Å². The summed E-state index contributed by atoms with van der Waals surface area (Å²) in [6, 6.07) is 0. The van der Waals surface area contributed by atoms with Crippen LogP contribution in [-0.4, -0.2) is 6.21 Å². The van der Waals surface area contributed by atoms with E-state index in [4.69, 9.17) is 0 Å². The third-order valence-corrected chi connectivity index (χ3v) is 2.21. The van der Waals surface area contributed by atoms with Gasteiger partial charge in [-0.1, -0.05) is 24.3 Å². The maximum Gasteiger partial charge on any atom is 0.0627 e. The Morgan fingerprint density at radius 2 is 2.00 bits per heavy atom. The lowest BCUT2D eigenvalue weighted by Crippen LogP contribution is -1.93. The lowest BCUT2D eigenvalue weighted by atomic mass is 9.99. The molecule has 0 fully saturated rings. The number of rotatable bonds is 0. The van der Waals surface area contributed by atoms with Gasteiger partial charge in [0, 0.05) is 12.1 Å². The summed E-state index contributed by atoms with van der Waals surface area (Å²) in [5.41, 5.74) is 2.42. The van der Waals surface area contributed by atoms with Crippen LogP contribution in [0.3, 0.4) is 0 Å². The molecule has 0 N–H and O–H groups in total. The highest BCUT2D eigenvalue weighted by atomic mass is 14.7. The van der Waals surface area contributed by atoms with Crippen LogP contribution in [0.4, 0.5) is 0 Å². The van der Waals surface area contributed by atoms with Gasteiger partial charge in [0.25, 0.3) is 0 Å². The minimum Gasteiger partial charge on any atom is -0.257 e. The molecule has 1 heterocycles. The van der Waals surface area contributed by atoms with Crippen molar-refractivity contribution in [2.75, 3.05) is 0 Å². The van der Waals surface area contributed by atoms with Crippen molar-refractivity contribution in [1.82, 2.24) is 0 Å². The van der Waals surface area contributed by atoms with E-state index in [0.29, 0.717) is 5.92 Å². The molecule has 0 amide bonds. The first-order chi connectivity index (χ1) is 5.88. The minimum absolute atomic E-state index is 0.428. The maximum atomic E-state index is 4.33. The van der Waals surface area contributed by atoms with Gasteiger partial charge >= 0.3 is 0 Å². The van der Waals surface area contributed by atoms with Gasteiger partial charge < -0.3 is 0 Å². The molecule has 1 aliphatic carbocycles. The third kappa shape index (κ3) is 1.18. The lowest BCUT2D eigenvalue weighted by Gasteiger charge is -2.06. The summed E-state index contributed by atoms with van der Waals surface area (Å²) in [7, 11) is 0. The molecule has 1 atom stereocenters. The highest BCUT2D eigenvalue weighted by Gasteiger charge is 2.09. The van der Waals surface area contributed by atoms with Gasteiger partial charge in [0.1, 0.15) is 0 Å². The highest BCUT2D eigenvalue weighted by Crippen LogP contribution is 2.23. The number of nitrogens with zero attached hydrogens (tertiary/aromatic N) is 1. The van der Waals surface area contributed by atoms with Crippen LogP contribution < -0.4 is 0 Å². The first kappa shape index (κ1) is 7.29.